The first-order chi connectivity index (χ1) is 43.4. The van der Waals surface area contributed by atoms with Gasteiger partial charge in [0.1, 0.15) is 0 Å². The molecule has 0 aliphatic carbocycles. The number of hydrogen-bond donors (Lipinski definition) is 0. The highest BCUT2D eigenvalue weighted by molar-refractivity contribution is 6.14. The number of nitriles is 4. The van der Waals surface area contributed by atoms with E-state index in [4.69, 9.17) is 19.9 Å². The molecule has 0 unspecified atom stereocenters. The summed E-state index contributed by atoms with van der Waals surface area (Å²) >= 11 is 0. The lowest BCUT2D eigenvalue weighted by atomic mass is 9.97. The van der Waals surface area contributed by atoms with Crippen molar-refractivity contribution in [2.45, 2.75) is 0 Å². The molecule has 0 fully saturated rings. The van der Waals surface area contributed by atoms with E-state index < -0.39 is 0 Å². The molecule has 0 saturated carbocycles. The van der Waals surface area contributed by atoms with Gasteiger partial charge in [0.25, 0.3) is 0 Å². The Balaban J connectivity index is 0.998. The molecule has 0 saturated heterocycles. The maximum atomic E-state index is 9.69. The molecule has 0 aliphatic heterocycles. The Kier molecular flexibility index (Phi) is 12.8. The van der Waals surface area contributed by atoms with E-state index in [1.807, 2.05) is 170 Å². The minimum absolute atomic E-state index is 0.478. The summed E-state index contributed by atoms with van der Waals surface area (Å²) in [4.78, 5) is 20.7. The van der Waals surface area contributed by atoms with Crippen LogP contribution in [0.4, 0.5) is 0 Å². The van der Waals surface area contributed by atoms with Crippen molar-refractivity contribution in [2.24, 2.45) is 0 Å². The van der Waals surface area contributed by atoms with Crippen molar-refractivity contribution in [3.8, 4) is 125 Å². The maximum absolute atomic E-state index is 9.69. The van der Waals surface area contributed by atoms with Gasteiger partial charge >= 0.3 is 0 Å². The molecule has 0 amide bonds. The first-order valence-electron chi connectivity index (χ1n) is 28.6. The summed E-state index contributed by atoms with van der Waals surface area (Å²) in [6.45, 7) is 0. The van der Waals surface area contributed by atoms with Crippen LogP contribution in [0.3, 0.4) is 0 Å². The van der Waals surface area contributed by atoms with Crippen LogP contribution in [0.15, 0.2) is 267 Å². The maximum Gasteiger partial charge on any atom is 0.164 e. The second-order valence-electron chi connectivity index (χ2n) is 21.5. The lowest BCUT2D eigenvalue weighted by molar-refractivity contribution is 1.07. The average Bonchev–Trinajstić information content (AvgIpc) is 1.62. The van der Waals surface area contributed by atoms with Gasteiger partial charge in [0.2, 0.25) is 0 Å². The van der Waals surface area contributed by atoms with E-state index in [0.717, 1.165) is 127 Å². The summed E-state index contributed by atoms with van der Waals surface area (Å²) in [7, 11) is 0. The van der Waals surface area contributed by atoms with E-state index in [9.17, 15) is 21.0 Å². The quantitative estimate of drug-likeness (QED) is 0.131. The van der Waals surface area contributed by atoms with Gasteiger partial charge in [-0.2, -0.15) is 21.0 Å². The summed E-state index contributed by atoms with van der Waals surface area (Å²) in [6, 6.07) is 94.4. The third kappa shape index (κ3) is 9.22. The van der Waals surface area contributed by atoms with Gasteiger partial charge in [-0.15, -0.1) is 0 Å². The predicted octanol–water partition coefficient (Wildman–Crippen LogP) is 18.3. The first kappa shape index (κ1) is 52.0. The third-order valence-corrected chi connectivity index (χ3v) is 16.5. The Morgan fingerprint density at radius 1 is 0.273 bits per heavy atom. The number of pyridine rings is 1. The summed E-state index contributed by atoms with van der Waals surface area (Å²) in [5.74, 6) is 1.54. The molecule has 15 aromatic rings. The zero-order valence-corrected chi connectivity index (χ0v) is 46.9. The number of aromatic nitrogens is 6. The average molecular weight is 1120 g/mol. The van der Waals surface area contributed by atoms with Crippen LogP contribution in [0, 0.1) is 45.3 Å². The molecule has 11 aromatic carbocycles. The highest BCUT2D eigenvalue weighted by Gasteiger charge is 2.24. The summed E-state index contributed by atoms with van der Waals surface area (Å²) in [6.07, 6.45) is 3.77. The van der Waals surface area contributed by atoms with Crippen LogP contribution in [0.25, 0.3) is 145 Å². The van der Waals surface area contributed by atoms with E-state index in [1.54, 1.807) is 0 Å². The molecule has 10 heteroatoms. The van der Waals surface area contributed by atoms with Crippen molar-refractivity contribution in [1.29, 1.82) is 21.0 Å². The number of rotatable bonds is 10. The standard InChI is InChI=1S/C78H44N10/c79-44-49-11-19-53(20-12-49)59-27-33-71-66(39-59)67-40-60(54-21-13-50(45-80)14-22-54)28-34-72(67)87(71)63-31-32-64(78-85-76(57-7-3-1-4-8-57)84-77(86-78)58-9-5-2-6-10-58)65(43-63)70-48-83-38-37-75(70)88-73-35-29-61(55-23-15-51(46-81)16-24-55)41-68(73)69-42-62(30-36-74(69)88)56-25-17-52(47-82)18-26-56/h1-43,48H. The van der Waals surface area contributed by atoms with Crippen molar-refractivity contribution in [2.75, 3.05) is 0 Å². The van der Waals surface area contributed by atoms with Crippen LogP contribution in [0.5, 0.6) is 0 Å². The molecule has 0 spiro atoms. The van der Waals surface area contributed by atoms with E-state index in [2.05, 4.69) is 130 Å². The van der Waals surface area contributed by atoms with Crippen molar-refractivity contribution in [3.63, 3.8) is 0 Å². The molecule has 0 N–H and O–H groups in total. The Hall–Kier alpha value is -12.9. The fraction of sp³-hybridized carbons (Fsp3) is 0. The van der Waals surface area contributed by atoms with Gasteiger partial charge in [-0.25, -0.2) is 15.0 Å². The smallest absolute Gasteiger partial charge is 0.164 e. The Morgan fingerprint density at radius 2 is 0.625 bits per heavy atom. The molecule has 406 valence electrons. The zero-order valence-electron chi connectivity index (χ0n) is 46.9. The first-order valence-corrected chi connectivity index (χ1v) is 28.6. The Labute approximate surface area is 505 Å². The molecule has 10 nitrogen and oxygen atoms in total. The van der Waals surface area contributed by atoms with Crippen molar-refractivity contribution in [3.05, 3.63) is 289 Å². The molecule has 15 rings (SSSR count). The van der Waals surface area contributed by atoms with Crippen molar-refractivity contribution < 1.29 is 0 Å². The SMILES string of the molecule is N#Cc1ccc(-c2ccc3c(c2)c2cc(-c4ccc(C#N)cc4)ccc2n3-c2ccc(-c3nc(-c4ccccc4)nc(-c4ccccc4)n3)c(-c3cnccc3-n3c4ccc(-c5ccc(C#N)cc5)cc4c4cc(-c5ccc(C#N)cc5)ccc43)c2)cc1. The monoisotopic (exact) mass is 1120 g/mol. The normalized spacial score (nSPS) is 11.1. The minimum atomic E-state index is 0.478. The van der Waals surface area contributed by atoms with Crippen LogP contribution in [0.1, 0.15) is 22.3 Å². The van der Waals surface area contributed by atoms with E-state index >= 15 is 0 Å². The summed E-state index contributed by atoms with van der Waals surface area (Å²) < 4.78 is 4.63. The number of hydrogen-bond acceptors (Lipinski definition) is 8. The van der Waals surface area contributed by atoms with Gasteiger partial charge in [-0.05, 0) is 171 Å². The van der Waals surface area contributed by atoms with Crippen molar-refractivity contribution >= 4 is 43.6 Å². The third-order valence-electron chi connectivity index (χ3n) is 16.5. The molecule has 88 heavy (non-hydrogen) atoms. The van der Waals surface area contributed by atoms with E-state index in [0.29, 0.717) is 39.7 Å². The fourth-order valence-electron chi connectivity index (χ4n) is 12.1. The largest absolute Gasteiger partial charge is 0.309 e. The second kappa shape index (κ2) is 21.7. The zero-order chi connectivity index (χ0) is 59.2. The van der Waals surface area contributed by atoms with Gasteiger partial charge in [-0.3, -0.25) is 4.98 Å². The molecule has 0 radical (unpaired) electrons. The summed E-state index contributed by atoms with van der Waals surface area (Å²) in [5.41, 5.74) is 20.1. The van der Waals surface area contributed by atoms with Gasteiger partial charge < -0.3 is 9.13 Å². The molecule has 4 heterocycles. The van der Waals surface area contributed by atoms with Crippen LogP contribution in [-0.2, 0) is 0 Å². The molecule has 0 bridgehead atoms. The highest BCUT2D eigenvalue weighted by Crippen LogP contribution is 2.44. The predicted molar refractivity (Wildman–Crippen MR) is 349 cm³/mol. The van der Waals surface area contributed by atoms with Crippen molar-refractivity contribution in [1.82, 2.24) is 29.1 Å². The summed E-state index contributed by atoms with van der Waals surface area (Å²) in [5, 5.41) is 42.8. The second-order valence-corrected chi connectivity index (χ2v) is 21.5. The highest BCUT2D eigenvalue weighted by atomic mass is 15.0. The van der Waals surface area contributed by atoms with Gasteiger partial charge in [0.05, 0.1) is 74.3 Å². The van der Waals surface area contributed by atoms with Crippen LogP contribution < -0.4 is 0 Å². The molecular formula is C78H44N10. The lowest BCUT2D eigenvalue weighted by Crippen LogP contribution is -2.04. The molecule has 4 aromatic heterocycles. The number of nitrogens with zero attached hydrogens (tertiary/aromatic N) is 10. The van der Waals surface area contributed by atoms with Gasteiger partial charge in [-0.1, -0.05) is 133 Å². The van der Waals surface area contributed by atoms with E-state index in [-0.39, 0.29) is 0 Å². The fourth-order valence-corrected chi connectivity index (χ4v) is 12.1. The Morgan fingerprint density at radius 3 is 1.00 bits per heavy atom. The number of benzene rings is 11. The van der Waals surface area contributed by atoms with E-state index in [1.165, 1.54) is 0 Å². The number of fused-ring (bicyclic) bond motifs is 6. The Bertz CT molecular complexity index is 5160. The van der Waals surface area contributed by atoms with Crippen LogP contribution in [-0.4, -0.2) is 29.1 Å². The molecular weight excluding hydrogens is 1080 g/mol. The molecule has 0 aliphatic rings. The molecule has 0 atom stereocenters. The lowest BCUT2D eigenvalue weighted by Gasteiger charge is -2.19. The van der Waals surface area contributed by atoms with Gasteiger partial charge in [0, 0.05) is 61.9 Å². The van der Waals surface area contributed by atoms with Crippen LogP contribution >= 0.6 is 0 Å². The van der Waals surface area contributed by atoms with Crippen LogP contribution in [0.2, 0.25) is 0 Å². The minimum Gasteiger partial charge on any atom is -0.309 e. The van der Waals surface area contributed by atoms with Gasteiger partial charge in [0.15, 0.2) is 17.5 Å². The topological polar surface area (TPSA) is 157 Å².